The molecular formula is C30H32Cl2FN3O4S. The Kier molecular flexibility index (Phi) is 10.4. The summed E-state index contributed by atoms with van der Waals surface area (Å²) in [7, 11) is -3.52. The van der Waals surface area contributed by atoms with E-state index in [1.54, 1.807) is 61.5 Å². The van der Waals surface area contributed by atoms with Gasteiger partial charge in [0.25, 0.3) is 0 Å². The van der Waals surface area contributed by atoms with Gasteiger partial charge in [-0.1, -0.05) is 53.5 Å². The van der Waals surface area contributed by atoms with Crippen molar-refractivity contribution < 1.29 is 22.4 Å². The summed E-state index contributed by atoms with van der Waals surface area (Å²) in [6.45, 7) is 2.97. The highest BCUT2D eigenvalue weighted by Crippen LogP contribution is 2.23. The predicted octanol–water partition coefficient (Wildman–Crippen LogP) is 5.58. The number of amides is 2. The van der Waals surface area contributed by atoms with Gasteiger partial charge < -0.3 is 10.2 Å². The monoisotopic (exact) mass is 619 g/mol. The first-order valence-corrected chi connectivity index (χ1v) is 15.6. The number of nitrogens with zero attached hydrogens (tertiary/aromatic N) is 2. The summed E-state index contributed by atoms with van der Waals surface area (Å²) in [6.07, 6.45) is 2.18. The molecule has 2 amide bonds. The van der Waals surface area contributed by atoms with E-state index in [-0.39, 0.29) is 36.2 Å². The van der Waals surface area contributed by atoms with E-state index in [4.69, 9.17) is 23.2 Å². The molecule has 3 aromatic rings. The molecule has 1 atom stereocenters. The van der Waals surface area contributed by atoms with Gasteiger partial charge in [0, 0.05) is 42.6 Å². The van der Waals surface area contributed by atoms with E-state index in [1.807, 2.05) is 0 Å². The Morgan fingerprint density at radius 1 is 0.976 bits per heavy atom. The summed E-state index contributed by atoms with van der Waals surface area (Å²) < 4.78 is 40.6. The Hall–Kier alpha value is -2.98. The Labute approximate surface area is 250 Å². The summed E-state index contributed by atoms with van der Waals surface area (Å²) >= 11 is 12.2. The minimum Gasteiger partial charge on any atom is -0.350 e. The Morgan fingerprint density at radius 3 is 2.24 bits per heavy atom. The summed E-state index contributed by atoms with van der Waals surface area (Å²) in [5, 5.41) is 3.73. The molecule has 218 valence electrons. The van der Waals surface area contributed by atoms with Crippen molar-refractivity contribution in [1.82, 2.24) is 14.5 Å². The first-order chi connectivity index (χ1) is 19.5. The average Bonchev–Trinajstić information content (AvgIpc) is 3.51. The topological polar surface area (TPSA) is 86.8 Å². The summed E-state index contributed by atoms with van der Waals surface area (Å²) in [5.41, 5.74) is 2.16. The molecule has 4 rings (SSSR count). The zero-order chi connectivity index (χ0) is 29.6. The van der Waals surface area contributed by atoms with Crippen LogP contribution in [0.25, 0.3) is 0 Å². The number of benzene rings is 3. The van der Waals surface area contributed by atoms with Crippen LogP contribution in [0.5, 0.6) is 0 Å². The maximum absolute atomic E-state index is 13.5. The lowest BCUT2D eigenvalue weighted by atomic mass is 10.1. The van der Waals surface area contributed by atoms with Crippen molar-refractivity contribution >= 4 is 45.0 Å². The molecule has 11 heteroatoms. The van der Waals surface area contributed by atoms with E-state index in [9.17, 15) is 22.4 Å². The molecule has 1 aliphatic heterocycles. The van der Waals surface area contributed by atoms with Gasteiger partial charge in [0.15, 0.2) is 0 Å². The van der Waals surface area contributed by atoms with E-state index in [0.717, 1.165) is 18.4 Å². The van der Waals surface area contributed by atoms with Crippen LogP contribution in [0.15, 0.2) is 71.6 Å². The zero-order valence-corrected chi connectivity index (χ0v) is 25.0. The van der Waals surface area contributed by atoms with Gasteiger partial charge in [0.2, 0.25) is 21.8 Å². The number of hydrogen-bond acceptors (Lipinski definition) is 4. The van der Waals surface area contributed by atoms with Crippen LogP contribution in [-0.4, -0.2) is 48.6 Å². The van der Waals surface area contributed by atoms with E-state index < -0.39 is 21.9 Å². The number of nitrogens with one attached hydrogen (secondary N) is 1. The van der Waals surface area contributed by atoms with Crippen molar-refractivity contribution in [3.8, 4) is 0 Å². The predicted molar refractivity (Wildman–Crippen MR) is 157 cm³/mol. The van der Waals surface area contributed by atoms with Gasteiger partial charge in [-0.3, -0.25) is 9.59 Å². The minimum atomic E-state index is -3.52. The largest absolute Gasteiger partial charge is 0.350 e. The molecule has 3 aromatic carbocycles. The van der Waals surface area contributed by atoms with Crippen LogP contribution in [0.2, 0.25) is 10.0 Å². The molecule has 1 heterocycles. The second kappa shape index (κ2) is 13.8. The maximum atomic E-state index is 13.5. The molecule has 0 spiro atoms. The molecule has 1 saturated heterocycles. The van der Waals surface area contributed by atoms with E-state index in [1.165, 1.54) is 21.3 Å². The zero-order valence-electron chi connectivity index (χ0n) is 22.7. The third-order valence-electron chi connectivity index (χ3n) is 7.16. The number of hydrogen-bond donors (Lipinski definition) is 1. The van der Waals surface area contributed by atoms with Crippen LogP contribution in [-0.2, 0) is 39.1 Å². The molecule has 1 fully saturated rings. The van der Waals surface area contributed by atoms with Crippen molar-refractivity contribution in [2.45, 2.75) is 56.6 Å². The van der Waals surface area contributed by atoms with Crippen LogP contribution in [0.3, 0.4) is 0 Å². The van der Waals surface area contributed by atoms with Crippen LogP contribution in [0.1, 0.15) is 42.9 Å². The Balaban J connectivity index is 1.43. The lowest BCUT2D eigenvalue weighted by Crippen LogP contribution is -2.47. The minimum absolute atomic E-state index is 0.0973. The Morgan fingerprint density at radius 2 is 1.61 bits per heavy atom. The Bertz CT molecular complexity index is 1480. The molecule has 41 heavy (non-hydrogen) atoms. The molecule has 0 aromatic heterocycles. The first-order valence-electron chi connectivity index (χ1n) is 13.4. The van der Waals surface area contributed by atoms with Gasteiger partial charge in [0.05, 0.1) is 4.90 Å². The number of aryl methyl sites for hydroxylation is 1. The second-order valence-corrected chi connectivity index (χ2v) is 12.8. The van der Waals surface area contributed by atoms with Gasteiger partial charge in [-0.2, -0.15) is 4.31 Å². The molecule has 7 nitrogen and oxygen atoms in total. The normalized spacial score (nSPS) is 14.5. The fraction of sp³-hybridized carbons (Fsp3) is 0.333. The van der Waals surface area contributed by atoms with Gasteiger partial charge in [-0.15, -0.1) is 0 Å². The summed E-state index contributed by atoms with van der Waals surface area (Å²) in [4.78, 5) is 28.2. The SMILES string of the molecule is CC(C(=O)NCc1ccc(Cl)cc1Cl)N(Cc1ccc(F)cc1)C(=O)CCc1ccc(S(=O)(=O)N2CCCC2)cc1. The standard InChI is InChI=1S/C30H32Cl2FN3O4S/c1-21(30(38)34-19-24-9-10-25(31)18-28(24)32)36(20-23-4-11-26(33)12-5-23)29(37)15-8-22-6-13-27(14-7-22)41(39,40)35-16-2-3-17-35/h4-7,9-14,18,21H,2-3,8,15-17,19-20H2,1H3,(H,34,38). The quantitative estimate of drug-likeness (QED) is 0.303. The van der Waals surface area contributed by atoms with E-state index in [2.05, 4.69) is 5.32 Å². The maximum Gasteiger partial charge on any atom is 0.243 e. The number of carbonyl (C=O) groups is 2. The van der Waals surface area contributed by atoms with Crippen LogP contribution < -0.4 is 5.32 Å². The van der Waals surface area contributed by atoms with Crippen molar-refractivity contribution in [1.29, 1.82) is 0 Å². The third-order valence-corrected chi connectivity index (χ3v) is 9.66. The molecule has 0 saturated carbocycles. The van der Waals surface area contributed by atoms with Crippen LogP contribution >= 0.6 is 23.2 Å². The molecule has 1 N–H and O–H groups in total. The van der Waals surface area contributed by atoms with Crippen LogP contribution in [0.4, 0.5) is 4.39 Å². The molecule has 1 unspecified atom stereocenters. The van der Waals surface area contributed by atoms with Gasteiger partial charge in [-0.25, -0.2) is 12.8 Å². The number of carbonyl (C=O) groups excluding carboxylic acids is 2. The first kappa shape index (κ1) is 31.0. The molecule has 0 bridgehead atoms. The second-order valence-electron chi connectivity index (χ2n) is 10.0. The van der Waals surface area contributed by atoms with Crippen molar-refractivity contribution in [2.75, 3.05) is 13.1 Å². The van der Waals surface area contributed by atoms with Gasteiger partial charge in [0.1, 0.15) is 11.9 Å². The molecule has 0 aliphatic carbocycles. The number of rotatable bonds is 11. The van der Waals surface area contributed by atoms with E-state index >= 15 is 0 Å². The highest BCUT2D eigenvalue weighted by molar-refractivity contribution is 7.89. The number of halogens is 3. The van der Waals surface area contributed by atoms with Crippen molar-refractivity contribution in [2.24, 2.45) is 0 Å². The highest BCUT2D eigenvalue weighted by atomic mass is 35.5. The lowest BCUT2D eigenvalue weighted by molar-refractivity contribution is -0.140. The lowest BCUT2D eigenvalue weighted by Gasteiger charge is -2.29. The summed E-state index contributed by atoms with van der Waals surface area (Å²) in [6, 6.07) is 16.5. The fourth-order valence-electron chi connectivity index (χ4n) is 4.66. The van der Waals surface area contributed by atoms with Crippen LogP contribution in [0, 0.1) is 5.82 Å². The molecule has 0 radical (unpaired) electrons. The van der Waals surface area contributed by atoms with Gasteiger partial charge >= 0.3 is 0 Å². The summed E-state index contributed by atoms with van der Waals surface area (Å²) in [5.74, 6) is -1.04. The van der Waals surface area contributed by atoms with Gasteiger partial charge in [-0.05, 0) is 79.3 Å². The number of sulfonamides is 1. The van der Waals surface area contributed by atoms with Crippen molar-refractivity contribution in [3.63, 3.8) is 0 Å². The average molecular weight is 621 g/mol. The van der Waals surface area contributed by atoms with E-state index in [0.29, 0.717) is 40.7 Å². The third kappa shape index (κ3) is 8.07. The molecular weight excluding hydrogens is 588 g/mol. The van der Waals surface area contributed by atoms with Crippen molar-refractivity contribution in [3.05, 3.63) is 99.3 Å². The highest BCUT2D eigenvalue weighted by Gasteiger charge is 2.28. The molecule has 1 aliphatic rings. The smallest absolute Gasteiger partial charge is 0.243 e. The fourth-order valence-corrected chi connectivity index (χ4v) is 6.66.